The lowest BCUT2D eigenvalue weighted by Gasteiger charge is -2.30. The van der Waals surface area contributed by atoms with E-state index in [1.807, 2.05) is 0 Å². The van der Waals surface area contributed by atoms with Gasteiger partial charge in [-0.05, 0) is 31.0 Å². The quantitative estimate of drug-likeness (QED) is 0.764. The molecule has 0 aliphatic carbocycles. The predicted molar refractivity (Wildman–Crippen MR) is 60.3 cm³/mol. The summed E-state index contributed by atoms with van der Waals surface area (Å²) in [5, 5.41) is 7.68. The normalized spacial score (nSPS) is 17.1. The molecule has 0 bridgehead atoms. The standard InChI is InChI=1S/C12H12F4N2/c13-9-5-4-8(12(14,15)16)7-10(9)18-6-2-1-3-11(18)17/h4-5,7,17H,1-3,6H2. The van der Waals surface area contributed by atoms with E-state index in [2.05, 4.69) is 0 Å². The Morgan fingerprint density at radius 1 is 1.17 bits per heavy atom. The fraction of sp³-hybridized carbons (Fsp3) is 0.417. The number of nitrogens with one attached hydrogen (secondary N) is 1. The summed E-state index contributed by atoms with van der Waals surface area (Å²) in [6.07, 6.45) is -2.47. The first-order valence-corrected chi connectivity index (χ1v) is 5.61. The summed E-state index contributed by atoms with van der Waals surface area (Å²) < 4.78 is 51.3. The molecule has 0 spiro atoms. The van der Waals surface area contributed by atoms with Crippen molar-refractivity contribution in [3.05, 3.63) is 29.6 Å². The van der Waals surface area contributed by atoms with Crippen molar-refractivity contribution in [3.63, 3.8) is 0 Å². The highest BCUT2D eigenvalue weighted by Crippen LogP contribution is 2.34. The van der Waals surface area contributed by atoms with Gasteiger partial charge in [-0.3, -0.25) is 5.41 Å². The smallest absolute Gasteiger partial charge is 0.328 e. The molecule has 0 unspecified atom stereocenters. The average molecular weight is 260 g/mol. The third-order valence-corrected chi connectivity index (χ3v) is 2.94. The molecular weight excluding hydrogens is 248 g/mol. The van der Waals surface area contributed by atoms with Crippen molar-refractivity contribution in [1.29, 1.82) is 5.41 Å². The maximum atomic E-state index is 13.6. The van der Waals surface area contributed by atoms with Gasteiger partial charge in [0.25, 0.3) is 0 Å². The molecule has 1 aromatic rings. The predicted octanol–water partition coefficient (Wildman–Crippen LogP) is 3.81. The van der Waals surface area contributed by atoms with Gasteiger partial charge >= 0.3 is 6.18 Å². The van der Waals surface area contributed by atoms with Crippen LogP contribution < -0.4 is 4.90 Å². The molecule has 1 heterocycles. The number of amidine groups is 1. The largest absolute Gasteiger partial charge is 0.416 e. The van der Waals surface area contributed by atoms with E-state index in [0.29, 0.717) is 19.0 Å². The number of piperidine rings is 1. The SMILES string of the molecule is N=C1CCCCN1c1cc(C(F)(F)F)ccc1F. The van der Waals surface area contributed by atoms with Crippen molar-refractivity contribution in [2.45, 2.75) is 25.4 Å². The third kappa shape index (κ3) is 2.47. The van der Waals surface area contributed by atoms with Gasteiger partial charge in [-0.25, -0.2) is 4.39 Å². The Hall–Kier alpha value is -1.59. The molecule has 18 heavy (non-hydrogen) atoms. The number of nitrogens with zero attached hydrogens (tertiary/aromatic N) is 1. The van der Waals surface area contributed by atoms with Crippen LogP contribution >= 0.6 is 0 Å². The maximum Gasteiger partial charge on any atom is 0.416 e. The van der Waals surface area contributed by atoms with Gasteiger partial charge in [-0.1, -0.05) is 0 Å². The van der Waals surface area contributed by atoms with Crippen LogP contribution in [0.3, 0.4) is 0 Å². The lowest BCUT2D eigenvalue weighted by atomic mass is 10.1. The number of alkyl halides is 3. The molecule has 98 valence electrons. The zero-order valence-corrected chi connectivity index (χ0v) is 9.52. The fourth-order valence-electron chi connectivity index (χ4n) is 1.99. The highest BCUT2D eigenvalue weighted by molar-refractivity contribution is 5.96. The van der Waals surface area contributed by atoms with E-state index < -0.39 is 17.6 Å². The van der Waals surface area contributed by atoms with Gasteiger partial charge in [0, 0.05) is 13.0 Å². The summed E-state index contributed by atoms with van der Waals surface area (Å²) in [6.45, 7) is 0.386. The van der Waals surface area contributed by atoms with Crippen molar-refractivity contribution in [2.75, 3.05) is 11.4 Å². The van der Waals surface area contributed by atoms with Crippen LogP contribution in [0.1, 0.15) is 24.8 Å². The Kier molecular flexibility index (Phi) is 3.28. The molecule has 2 rings (SSSR count). The molecule has 1 aliphatic rings. The van der Waals surface area contributed by atoms with E-state index in [9.17, 15) is 17.6 Å². The van der Waals surface area contributed by atoms with Crippen molar-refractivity contribution in [1.82, 2.24) is 0 Å². The van der Waals surface area contributed by atoms with Gasteiger partial charge < -0.3 is 4.90 Å². The molecule has 0 atom stereocenters. The van der Waals surface area contributed by atoms with Crippen molar-refractivity contribution in [3.8, 4) is 0 Å². The summed E-state index contributed by atoms with van der Waals surface area (Å²) in [7, 11) is 0. The second-order valence-corrected chi connectivity index (χ2v) is 4.22. The molecule has 6 heteroatoms. The highest BCUT2D eigenvalue weighted by Gasteiger charge is 2.32. The monoisotopic (exact) mass is 260 g/mol. The van der Waals surface area contributed by atoms with E-state index in [0.717, 1.165) is 25.0 Å². The first kappa shape index (κ1) is 12.9. The van der Waals surface area contributed by atoms with Crippen LogP contribution in [0.2, 0.25) is 0 Å². The fourth-order valence-corrected chi connectivity index (χ4v) is 1.99. The van der Waals surface area contributed by atoms with E-state index in [1.54, 1.807) is 0 Å². The summed E-state index contributed by atoms with van der Waals surface area (Å²) >= 11 is 0. The van der Waals surface area contributed by atoms with Crippen molar-refractivity contribution < 1.29 is 17.6 Å². The molecule has 0 aromatic heterocycles. The number of rotatable bonds is 1. The van der Waals surface area contributed by atoms with E-state index in [1.165, 1.54) is 4.90 Å². The van der Waals surface area contributed by atoms with Gasteiger partial charge in [0.1, 0.15) is 11.7 Å². The minimum Gasteiger partial charge on any atom is -0.328 e. The van der Waals surface area contributed by atoms with Crippen molar-refractivity contribution >= 4 is 11.5 Å². The molecule has 0 radical (unpaired) electrons. The summed E-state index contributed by atoms with van der Waals surface area (Å²) in [5.41, 5.74) is -1.05. The molecule has 1 saturated heterocycles. The number of anilines is 1. The minimum atomic E-state index is -4.50. The summed E-state index contributed by atoms with van der Waals surface area (Å²) in [4.78, 5) is 1.31. The van der Waals surface area contributed by atoms with Gasteiger partial charge in [0.2, 0.25) is 0 Å². The molecule has 1 N–H and O–H groups in total. The number of hydrogen-bond donors (Lipinski definition) is 1. The number of hydrogen-bond acceptors (Lipinski definition) is 1. The number of halogens is 4. The van der Waals surface area contributed by atoms with Crippen LogP contribution in [0.5, 0.6) is 0 Å². The van der Waals surface area contributed by atoms with Crippen LogP contribution in [0.25, 0.3) is 0 Å². The summed E-state index contributed by atoms with van der Waals surface area (Å²) in [5.74, 6) is -0.561. The average Bonchev–Trinajstić information content (AvgIpc) is 2.29. The summed E-state index contributed by atoms with van der Waals surface area (Å²) in [6, 6.07) is 2.29. The zero-order chi connectivity index (χ0) is 13.3. The van der Waals surface area contributed by atoms with Crippen molar-refractivity contribution in [2.24, 2.45) is 0 Å². The highest BCUT2D eigenvalue weighted by atomic mass is 19.4. The Morgan fingerprint density at radius 2 is 1.89 bits per heavy atom. The van der Waals surface area contributed by atoms with Crippen LogP contribution in [0.4, 0.5) is 23.2 Å². The van der Waals surface area contributed by atoms with Crippen LogP contribution in [0, 0.1) is 11.2 Å². The van der Waals surface area contributed by atoms with Gasteiger partial charge in [-0.15, -0.1) is 0 Å². The molecular formula is C12H12F4N2. The second kappa shape index (κ2) is 4.59. The lowest BCUT2D eigenvalue weighted by molar-refractivity contribution is -0.137. The molecule has 1 aliphatic heterocycles. The molecule has 1 aromatic carbocycles. The maximum absolute atomic E-state index is 13.6. The second-order valence-electron chi connectivity index (χ2n) is 4.22. The number of benzene rings is 1. The van der Waals surface area contributed by atoms with E-state index in [4.69, 9.17) is 5.41 Å². The first-order chi connectivity index (χ1) is 8.39. The van der Waals surface area contributed by atoms with Crippen LogP contribution in [0.15, 0.2) is 18.2 Å². The Morgan fingerprint density at radius 3 is 2.50 bits per heavy atom. The van der Waals surface area contributed by atoms with Gasteiger partial charge in [-0.2, -0.15) is 13.2 Å². The van der Waals surface area contributed by atoms with E-state index >= 15 is 0 Å². The molecule has 2 nitrogen and oxygen atoms in total. The van der Waals surface area contributed by atoms with Gasteiger partial charge in [0.05, 0.1) is 11.3 Å². The Bertz CT molecular complexity index is 468. The first-order valence-electron chi connectivity index (χ1n) is 5.61. The minimum absolute atomic E-state index is 0.158. The molecule has 0 saturated carbocycles. The molecule has 1 fully saturated rings. The Labute approximate surface area is 102 Å². The van der Waals surface area contributed by atoms with E-state index in [-0.39, 0.29) is 11.5 Å². The Balaban J connectivity index is 2.40. The van der Waals surface area contributed by atoms with Crippen LogP contribution in [-0.4, -0.2) is 12.4 Å². The zero-order valence-electron chi connectivity index (χ0n) is 9.52. The topological polar surface area (TPSA) is 27.1 Å². The molecule has 0 amide bonds. The lowest BCUT2D eigenvalue weighted by Crippen LogP contribution is -2.35. The van der Waals surface area contributed by atoms with Gasteiger partial charge in [0.15, 0.2) is 0 Å². The van der Waals surface area contributed by atoms with Crippen LogP contribution in [-0.2, 0) is 6.18 Å². The third-order valence-electron chi connectivity index (χ3n) is 2.94.